The predicted octanol–water partition coefficient (Wildman–Crippen LogP) is 4.05. The van der Waals surface area contributed by atoms with Crippen LogP contribution in [0.4, 0.5) is 8.78 Å². The van der Waals surface area contributed by atoms with Crippen LogP contribution in [0, 0.1) is 28.6 Å². The van der Waals surface area contributed by atoms with Crippen molar-refractivity contribution in [2.45, 2.75) is 76.9 Å². The Balaban J connectivity index is 1.88. The van der Waals surface area contributed by atoms with Crippen molar-refractivity contribution in [3.05, 3.63) is 23.8 Å². The van der Waals surface area contributed by atoms with Crippen molar-refractivity contribution < 1.29 is 33.0 Å². The summed E-state index contributed by atoms with van der Waals surface area (Å²) >= 11 is 5.97. The van der Waals surface area contributed by atoms with E-state index in [2.05, 4.69) is 0 Å². The van der Waals surface area contributed by atoms with Gasteiger partial charge >= 0.3 is 5.97 Å². The molecule has 0 bridgehead atoms. The van der Waals surface area contributed by atoms with E-state index >= 15 is 8.78 Å². The maximum atomic E-state index is 17.2. The minimum atomic E-state index is -2.25. The number of esters is 1. The lowest BCUT2D eigenvalue weighted by molar-refractivity contribution is -0.230. The van der Waals surface area contributed by atoms with Gasteiger partial charge in [0.25, 0.3) is 0 Å². The smallest absolute Gasteiger partial charge is 0.306 e. The summed E-state index contributed by atoms with van der Waals surface area (Å²) in [6.45, 7) is 6.64. The quantitative estimate of drug-likeness (QED) is 0.481. The Morgan fingerprint density at radius 1 is 1.27 bits per heavy atom. The van der Waals surface area contributed by atoms with E-state index in [1.807, 2.05) is 0 Å². The van der Waals surface area contributed by atoms with Crippen LogP contribution >= 0.6 is 11.6 Å². The summed E-state index contributed by atoms with van der Waals surface area (Å²) in [7, 11) is 0. The number of aliphatic hydroxyl groups is 1. The third-order valence-electron chi connectivity index (χ3n) is 9.27. The van der Waals surface area contributed by atoms with Gasteiger partial charge in [-0.1, -0.05) is 26.8 Å². The zero-order valence-corrected chi connectivity index (χ0v) is 20.1. The summed E-state index contributed by atoms with van der Waals surface area (Å²) in [5, 5.41) is 11.4. The zero-order chi connectivity index (χ0) is 24.6. The molecule has 182 valence electrons. The highest BCUT2D eigenvalue weighted by Crippen LogP contribution is 2.71. The molecule has 1 N–H and O–H groups in total. The molecule has 0 amide bonds. The third-order valence-corrected chi connectivity index (χ3v) is 9.51. The van der Waals surface area contributed by atoms with Crippen LogP contribution < -0.4 is 0 Å². The Hall–Kier alpha value is -1.60. The molecule has 0 radical (unpaired) electrons. The molecule has 0 aromatic heterocycles. The summed E-state index contributed by atoms with van der Waals surface area (Å²) in [4.78, 5) is 37.7. The first kappa shape index (κ1) is 24.5. The number of Topliss-reactive ketones (excluding diaryl/α,β-unsaturated/α-hetero) is 1. The molecule has 3 fully saturated rings. The first-order valence-electron chi connectivity index (χ1n) is 11.6. The highest BCUT2D eigenvalue weighted by Gasteiger charge is 2.77. The van der Waals surface area contributed by atoms with Gasteiger partial charge in [0.2, 0.25) is 0 Å². The number of carbonyl (C=O) groups is 3. The van der Waals surface area contributed by atoms with Crippen LogP contribution in [-0.4, -0.2) is 52.1 Å². The van der Waals surface area contributed by atoms with Crippen molar-refractivity contribution in [3.63, 3.8) is 0 Å². The van der Waals surface area contributed by atoms with E-state index in [1.165, 1.54) is 19.1 Å². The molecule has 0 aromatic rings. The summed E-state index contributed by atoms with van der Waals surface area (Å²) in [6, 6.07) is 0. The van der Waals surface area contributed by atoms with Crippen LogP contribution in [0.3, 0.4) is 0 Å². The van der Waals surface area contributed by atoms with E-state index in [4.69, 9.17) is 16.3 Å². The monoisotopic (exact) mass is 484 g/mol. The van der Waals surface area contributed by atoms with E-state index in [0.717, 1.165) is 6.08 Å². The lowest BCUT2D eigenvalue weighted by Gasteiger charge is -2.63. The van der Waals surface area contributed by atoms with Crippen molar-refractivity contribution >= 4 is 29.1 Å². The molecule has 5 nitrogen and oxygen atoms in total. The van der Waals surface area contributed by atoms with Crippen LogP contribution in [0.2, 0.25) is 0 Å². The number of alkyl halides is 3. The Bertz CT molecular complexity index is 964. The van der Waals surface area contributed by atoms with Crippen molar-refractivity contribution in [1.29, 1.82) is 0 Å². The fourth-order valence-electron chi connectivity index (χ4n) is 7.74. The fourth-order valence-corrected chi connectivity index (χ4v) is 7.94. The number of ketones is 2. The van der Waals surface area contributed by atoms with E-state index in [1.54, 1.807) is 20.8 Å². The van der Waals surface area contributed by atoms with Gasteiger partial charge in [-0.15, -0.1) is 11.6 Å². The van der Waals surface area contributed by atoms with E-state index in [-0.39, 0.29) is 24.8 Å². The summed E-state index contributed by atoms with van der Waals surface area (Å²) in [6.07, 6.45) is 0.584. The Morgan fingerprint density at radius 2 is 1.94 bits per heavy atom. The first-order valence-corrected chi connectivity index (χ1v) is 12.1. The molecule has 3 saturated carbocycles. The lowest BCUT2D eigenvalue weighted by atomic mass is 9.44. The van der Waals surface area contributed by atoms with E-state index in [0.29, 0.717) is 6.42 Å². The Morgan fingerprint density at radius 3 is 2.55 bits per heavy atom. The third kappa shape index (κ3) is 2.87. The van der Waals surface area contributed by atoms with Gasteiger partial charge in [0, 0.05) is 29.1 Å². The Kier molecular flexibility index (Phi) is 5.73. The van der Waals surface area contributed by atoms with Gasteiger partial charge in [0.05, 0.1) is 12.0 Å². The molecule has 8 heteroatoms. The normalized spacial score (nSPS) is 48.4. The molecule has 0 aromatic carbocycles. The second-order valence-electron chi connectivity index (χ2n) is 10.6. The molecule has 0 spiro atoms. The lowest BCUT2D eigenvalue weighted by Crippen LogP contribution is -2.71. The molecule has 33 heavy (non-hydrogen) atoms. The average molecular weight is 485 g/mol. The van der Waals surface area contributed by atoms with Gasteiger partial charge in [-0.05, 0) is 49.8 Å². The van der Waals surface area contributed by atoms with Gasteiger partial charge in [-0.3, -0.25) is 14.4 Å². The molecule has 0 aliphatic heterocycles. The van der Waals surface area contributed by atoms with Gasteiger partial charge in [-0.25, -0.2) is 8.78 Å². The fraction of sp³-hybridized carbons (Fsp3) is 0.720. The largest absolute Gasteiger partial charge is 0.450 e. The summed E-state index contributed by atoms with van der Waals surface area (Å²) in [5.41, 5.74) is -6.47. The average Bonchev–Trinajstić information content (AvgIpc) is 2.98. The molecular weight excluding hydrogens is 454 g/mol. The molecule has 4 aliphatic rings. The molecule has 4 rings (SSSR count). The zero-order valence-electron chi connectivity index (χ0n) is 19.4. The van der Waals surface area contributed by atoms with Crippen molar-refractivity contribution in [2.75, 3.05) is 5.88 Å². The molecule has 0 unspecified atom stereocenters. The maximum Gasteiger partial charge on any atom is 0.306 e. The van der Waals surface area contributed by atoms with Crippen LogP contribution in [-0.2, 0) is 19.1 Å². The molecule has 0 saturated heterocycles. The van der Waals surface area contributed by atoms with Gasteiger partial charge in [0.15, 0.2) is 22.8 Å². The Labute approximate surface area is 197 Å². The van der Waals surface area contributed by atoms with Crippen molar-refractivity contribution in [1.82, 2.24) is 0 Å². The van der Waals surface area contributed by atoms with Gasteiger partial charge < -0.3 is 9.84 Å². The highest BCUT2D eigenvalue weighted by molar-refractivity contribution is 6.29. The van der Waals surface area contributed by atoms with Crippen LogP contribution in [0.5, 0.6) is 0 Å². The van der Waals surface area contributed by atoms with Crippen molar-refractivity contribution in [2.24, 2.45) is 28.6 Å². The topological polar surface area (TPSA) is 80.7 Å². The molecule has 0 heterocycles. The number of allylic oxidation sites excluding steroid dienone is 4. The van der Waals surface area contributed by atoms with E-state index < -0.39 is 75.5 Å². The number of halogens is 3. The number of hydrogen-bond donors (Lipinski definition) is 1. The minimum Gasteiger partial charge on any atom is -0.450 e. The number of rotatable bonds is 4. The second kappa shape index (κ2) is 7.70. The van der Waals surface area contributed by atoms with Crippen LogP contribution in [0.1, 0.15) is 53.4 Å². The SMILES string of the molecule is CCC(=O)O[C@@]1(C(=O)CCl)[C@H](C)C[C@@H]2[C@H]3C[C@@H](F)C4=CC(=O)C=C[C@@]4(C)[C@]3(F)[C@H](O)C[C@]21C. The highest BCUT2D eigenvalue weighted by atomic mass is 35.5. The van der Waals surface area contributed by atoms with Crippen LogP contribution in [0.25, 0.3) is 0 Å². The summed E-state index contributed by atoms with van der Waals surface area (Å²) in [5.74, 6) is -3.84. The van der Waals surface area contributed by atoms with E-state index in [9.17, 15) is 19.5 Å². The summed E-state index contributed by atoms with van der Waals surface area (Å²) < 4.78 is 38.5. The standard InChI is InChI=1S/C25H31ClF2O5/c1-5-21(32)33-25(20(31)12-26)13(2)8-15-16-10-18(27)17-9-14(29)6-7-22(17,3)24(16,28)19(30)11-23(15,25)4/h6-7,9,13,15-16,18-19,30H,5,8,10-12H2,1-4H3/t13-,15-,16-,18-,19-,22-,23-,24-,25-/m1/s1. The first-order chi connectivity index (χ1) is 15.3. The van der Waals surface area contributed by atoms with Gasteiger partial charge in [0.1, 0.15) is 6.17 Å². The van der Waals surface area contributed by atoms with Crippen molar-refractivity contribution in [3.8, 4) is 0 Å². The molecular formula is C25H31ClF2O5. The number of carbonyl (C=O) groups excluding carboxylic acids is 3. The molecule has 4 aliphatic carbocycles. The van der Waals surface area contributed by atoms with Crippen LogP contribution in [0.15, 0.2) is 23.8 Å². The predicted molar refractivity (Wildman–Crippen MR) is 118 cm³/mol. The second-order valence-corrected chi connectivity index (χ2v) is 10.9. The minimum absolute atomic E-state index is 0.0431. The number of aliphatic hydroxyl groups excluding tert-OH is 1. The molecule has 9 atom stereocenters. The number of ether oxygens (including phenoxy) is 1. The maximum absolute atomic E-state index is 17.2. The number of hydrogen-bond acceptors (Lipinski definition) is 5. The van der Waals surface area contributed by atoms with Gasteiger partial charge in [-0.2, -0.15) is 0 Å². The number of fused-ring (bicyclic) bond motifs is 5.